The Morgan fingerprint density at radius 2 is 2.03 bits per heavy atom. The number of rotatable bonds is 4. The first-order valence-corrected chi connectivity index (χ1v) is 9.67. The molecule has 8 heteroatoms. The molecule has 1 aromatic carbocycles. The van der Waals surface area contributed by atoms with Crippen LogP contribution in [0.2, 0.25) is 0 Å². The third-order valence-electron chi connectivity index (χ3n) is 4.52. The zero-order valence-electron chi connectivity index (χ0n) is 17.2. The number of amides is 2. The molecule has 0 aromatic heterocycles. The number of benzene rings is 1. The molecule has 0 spiro atoms. The highest BCUT2D eigenvalue weighted by Gasteiger charge is 2.31. The maximum Gasteiger partial charge on any atom is 0.408 e. The van der Waals surface area contributed by atoms with Crippen LogP contribution in [0.3, 0.4) is 0 Å². The van der Waals surface area contributed by atoms with Crippen LogP contribution in [0.1, 0.15) is 32.8 Å². The summed E-state index contributed by atoms with van der Waals surface area (Å²) in [6.45, 7) is 5.14. The second kappa shape index (κ2) is 8.52. The fraction of sp³-hybridized carbons (Fsp3) is 0.364. The van der Waals surface area contributed by atoms with Crippen molar-refractivity contribution >= 4 is 29.4 Å². The van der Waals surface area contributed by atoms with Gasteiger partial charge >= 0.3 is 12.1 Å². The lowest BCUT2D eigenvalue weighted by molar-refractivity contribution is -0.136. The first-order chi connectivity index (χ1) is 14.1. The van der Waals surface area contributed by atoms with E-state index in [-0.39, 0.29) is 18.3 Å². The summed E-state index contributed by atoms with van der Waals surface area (Å²) in [5.41, 5.74) is 1.53. The van der Waals surface area contributed by atoms with Crippen LogP contribution in [-0.2, 0) is 20.9 Å². The summed E-state index contributed by atoms with van der Waals surface area (Å²) >= 11 is 0. The standard InChI is InChI=1S/C22H25N3O5/c1-22(2,3)30-21(29)24-16-9-6-8-14(11-16)19-20(28)25(13-18(26)27)17-10-5-4-7-15(17)12-23-19/h4-10,16H,11-13H2,1-3H3,(H,24,29)(H,26,27). The molecule has 0 bridgehead atoms. The summed E-state index contributed by atoms with van der Waals surface area (Å²) in [5.74, 6) is -1.58. The Morgan fingerprint density at radius 3 is 2.73 bits per heavy atom. The predicted octanol–water partition coefficient (Wildman–Crippen LogP) is 2.84. The van der Waals surface area contributed by atoms with Crippen molar-refractivity contribution < 1.29 is 24.2 Å². The minimum atomic E-state index is -1.11. The van der Waals surface area contributed by atoms with Crippen molar-refractivity contribution in [2.24, 2.45) is 4.99 Å². The van der Waals surface area contributed by atoms with Gasteiger partial charge in [0.25, 0.3) is 5.91 Å². The predicted molar refractivity (Wildman–Crippen MR) is 113 cm³/mol. The maximum absolute atomic E-state index is 13.2. The summed E-state index contributed by atoms with van der Waals surface area (Å²) in [5, 5.41) is 12.1. The molecule has 3 rings (SSSR count). The molecule has 1 aliphatic heterocycles. The molecule has 1 heterocycles. The van der Waals surface area contributed by atoms with Crippen LogP contribution in [-0.4, -0.2) is 47.0 Å². The van der Waals surface area contributed by atoms with Gasteiger partial charge in [-0.15, -0.1) is 0 Å². The molecular formula is C22H25N3O5. The number of ether oxygens (including phenoxy) is 1. The second-order valence-corrected chi connectivity index (χ2v) is 8.11. The van der Waals surface area contributed by atoms with Crippen molar-refractivity contribution in [3.63, 3.8) is 0 Å². The molecule has 30 heavy (non-hydrogen) atoms. The third kappa shape index (κ3) is 5.14. The van der Waals surface area contributed by atoms with E-state index in [9.17, 15) is 19.5 Å². The highest BCUT2D eigenvalue weighted by atomic mass is 16.6. The third-order valence-corrected chi connectivity index (χ3v) is 4.52. The highest BCUT2D eigenvalue weighted by molar-refractivity contribution is 6.50. The van der Waals surface area contributed by atoms with Crippen molar-refractivity contribution in [2.75, 3.05) is 11.4 Å². The van der Waals surface area contributed by atoms with Crippen molar-refractivity contribution in [3.8, 4) is 0 Å². The van der Waals surface area contributed by atoms with Crippen LogP contribution in [0.15, 0.2) is 53.1 Å². The summed E-state index contributed by atoms with van der Waals surface area (Å²) < 4.78 is 5.29. The quantitative estimate of drug-likeness (QED) is 0.792. The number of aliphatic imine (C=N–C) groups is 1. The minimum Gasteiger partial charge on any atom is -0.480 e. The number of fused-ring (bicyclic) bond motifs is 1. The first kappa shape index (κ1) is 21.3. The molecule has 2 amide bonds. The second-order valence-electron chi connectivity index (χ2n) is 8.11. The van der Waals surface area contributed by atoms with E-state index in [2.05, 4.69) is 10.3 Å². The molecular weight excluding hydrogens is 386 g/mol. The van der Waals surface area contributed by atoms with E-state index in [0.29, 0.717) is 17.7 Å². The summed E-state index contributed by atoms with van der Waals surface area (Å²) in [6.07, 6.45) is 5.11. The van der Waals surface area contributed by atoms with Crippen molar-refractivity contribution in [1.29, 1.82) is 0 Å². The Hall–Kier alpha value is -3.42. The molecule has 2 N–H and O–H groups in total. The number of allylic oxidation sites excluding steroid dienone is 2. The van der Waals surface area contributed by atoms with Crippen molar-refractivity contribution in [1.82, 2.24) is 5.32 Å². The Bertz CT molecular complexity index is 956. The van der Waals surface area contributed by atoms with E-state index in [1.807, 2.05) is 12.1 Å². The van der Waals surface area contributed by atoms with E-state index < -0.39 is 30.1 Å². The van der Waals surface area contributed by atoms with E-state index in [0.717, 1.165) is 5.56 Å². The average molecular weight is 411 g/mol. The fourth-order valence-electron chi connectivity index (χ4n) is 3.32. The van der Waals surface area contributed by atoms with E-state index in [1.165, 1.54) is 4.90 Å². The Kier molecular flexibility index (Phi) is 6.05. The maximum atomic E-state index is 13.2. The number of carbonyl (C=O) groups is 3. The first-order valence-electron chi connectivity index (χ1n) is 9.67. The number of para-hydroxylation sites is 1. The van der Waals surface area contributed by atoms with Crippen LogP contribution in [0.5, 0.6) is 0 Å². The van der Waals surface area contributed by atoms with Crippen LogP contribution in [0, 0.1) is 0 Å². The monoisotopic (exact) mass is 411 g/mol. The number of nitrogens with one attached hydrogen (secondary N) is 1. The SMILES string of the molecule is CC(C)(C)OC(=O)NC1C=CC=C(C2=NCc3ccccc3N(CC(=O)O)C2=O)C1. The molecule has 2 aliphatic rings. The van der Waals surface area contributed by atoms with Gasteiger partial charge in [-0.25, -0.2) is 4.79 Å². The van der Waals surface area contributed by atoms with Crippen molar-refractivity contribution in [2.45, 2.75) is 45.4 Å². The number of anilines is 1. The Labute approximate surface area is 174 Å². The van der Waals surface area contributed by atoms with E-state index >= 15 is 0 Å². The van der Waals surface area contributed by atoms with E-state index in [1.54, 1.807) is 51.1 Å². The number of carboxylic acid groups (broad SMARTS) is 1. The summed E-state index contributed by atoms with van der Waals surface area (Å²) in [6, 6.07) is 6.76. The molecule has 0 saturated carbocycles. The van der Waals surface area contributed by atoms with Crippen LogP contribution < -0.4 is 10.2 Å². The zero-order valence-corrected chi connectivity index (χ0v) is 17.2. The molecule has 1 atom stereocenters. The van der Waals surface area contributed by atoms with Gasteiger partial charge in [-0.05, 0) is 44.4 Å². The lowest BCUT2D eigenvalue weighted by Gasteiger charge is -2.25. The number of carbonyl (C=O) groups excluding carboxylic acids is 2. The van der Waals surface area contributed by atoms with Crippen LogP contribution in [0.25, 0.3) is 0 Å². The van der Waals surface area contributed by atoms with Gasteiger partial charge in [-0.1, -0.05) is 36.4 Å². The lowest BCUT2D eigenvalue weighted by Crippen LogP contribution is -2.42. The number of carboxylic acids is 1. The fourth-order valence-corrected chi connectivity index (χ4v) is 3.32. The molecule has 1 unspecified atom stereocenters. The lowest BCUT2D eigenvalue weighted by atomic mass is 9.96. The molecule has 0 saturated heterocycles. The number of nitrogens with zero attached hydrogens (tertiary/aromatic N) is 2. The molecule has 158 valence electrons. The minimum absolute atomic E-state index is 0.202. The van der Waals surface area contributed by atoms with Gasteiger partial charge in [-0.3, -0.25) is 19.5 Å². The van der Waals surface area contributed by atoms with Gasteiger partial charge in [0.05, 0.1) is 12.6 Å². The molecule has 1 aromatic rings. The topological polar surface area (TPSA) is 108 Å². The number of hydrogen-bond donors (Lipinski definition) is 2. The van der Waals surface area contributed by atoms with Gasteiger partial charge in [0.15, 0.2) is 0 Å². The van der Waals surface area contributed by atoms with Crippen molar-refractivity contribution in [3.05, 3.63) is 53.6 Å². The van der Waals surface area contributed by atoms with Gasteiger partial charge in [0, 0.05) is 5.69 Å². The number of hydrogen-bond acceptors (Lipinski definition) is 5. The zero-order chi connectivity index (χ0) is 21.9. The van der Waals surface area contributed by atoms with E-state index in [4.69, 9.17) is 4.74 Å². The normalized spacial score (nSPS) is 18.7. The smallest absolute Gasteiger partial charge is 0.408 e. The van der Waals surface area contributed by atoms with Gasteiger partial charge < -0.3 is 15.2 Å². The van der Waals surface area contributed by atoms with Crippen LogP contribution >= 0.6 is 0 Å². The molecule has 0 fully saturated rings. The van der Waals surface area contributed by atoms with Gasteiger partial charge in [0.2, 0.25) is 0 Å². The largest absolute Gasteiger partial charge is 0.480 e. The molecule has 8 nitrogen and oxygen atoms in total. The Balaban J connectivity index is 1.81. The Morgan fingerprint density at radius 1 is 1.30 bits per heavy atom. The summed E-state index contributed by atoms with van der Waals surface area (Å²) in [4.78, 5) is 42.4. The summed E-state index contributed by atoms with van der Waals surface area (Å²) in [7, 11) is 0. The van der Waals surface area contributed by atoms with Gasteiger partial charge in [-0.2, -0.15) is 0 Å². The van der Waals surface area contributed by atoms with Crippen LogP contribution in [0.4, 0.5) is 10.5 Å². The number of aliphatic carboxylic acids is 1. The highest BCUT2D eigenvalue weighted by Crippen LogP contribution is 2.27. The molecule has 0 radical (unpaired) electrons. The number of alkyl carbamates (subject to hydrolysis) is 1. The average Bonchev–Trinajstić information content (AvgIpc) is 2.77. The van der Waals surface area contributed by atoms with Gasteiger partial charge in [0.1, 0.15) is 17.9 Å². The molecule has 1 aliphatic carbocycles.